The molecule has 1 fully saturated rings. The Bertz CT molecular complexity index is 749. The predicted molar refractivity (Wildman–Crippen MR) is 89.5 cm³/mol. The number of carbonyl (C=O) groups is 2. The molecule has 0 saturated carbocycles. The maximum absolute atomic E-state index is 12.3. The molecule has 2 amide bonds. The lowest BCUT2D eigenvalue weighted by Crippen LogP contribution is -2.28. The van der Waals surface area contributed by atoms with Gasteiger partial charge in [0.15, 0.2) is 0 Å². The molecule has 1 aromatic carbocycles. The van der Waals surface area contributed by atoms with Crippen molar-refractivity contribution in [1.29, 1.82) is 0 Å². The number of nitrogens with one attached hydrogen (secondary N) is 1. The van der Waals surface area contributed by atoms with E-state index in [9.17, 15) is 9.59 Å². The van der Waals surface area contributed by atoms with Crippen LogP contribution in [0.3, 0.4) is 0 Å². The van der Waals surface area contributed by atoms with Crippen LogP contribution >= 0.6 is 11.6 Å². The van der Waals surface area contributed by atoms with E-state index in [1.807, 2.05) is 19.1 Å². The van der Waals surface area contributed by atoms with E-state index in [0.717, 1.165) is 11.3 Å². The van der Waals surface area contributed by atoms with Crippen LogP contribution in [0.25, 0.3) is 0 Å². The Labute approximate surface area is 139 Å². The largest absolute Gasteiger partial charge is 0.326 e. The zero-order chi connectivity index (χ0) is 16.4. The van der Waals surface area contributed by atoms with Gasteiger partial charge in [-0.2, -0.15) is 0 Å². The van der Waals surface area contributed by atoms with E-state index in [1.54, 1.807) is 35.5 Å². The Hall–Kier alpha value is -2.40. The Kier molecular flexibility index (Phi) is 4.30. The van der Waals surface area contributed by atoms with Crippen LogP contribution in [0, 0.1) is 12.8 Å². The van der Waals surface area contributed by atoms with Gasteiger partial charge >= 0.3 is 0 Å². The number of nitrogens with zero attached hydrogens (tertiary/aromatic N) is 2. The van der Waals surface area contributed by atoms with Gasteiger partial charge in [0.05, 0.1) is 5.92 Å². The third-order valence-corrected chi connectivity index (χ3v) is 4.32. The first-order valence-corrected chi connectivity index (χ1v) is 7.70. The maximum Gasteiger partial charge on any atom is 0.229 e. The summed E-state index contributed by atoms with van der Waals surface area (Å²) in [6, 6.07) is 8.91. The number of hydrogen-bond donors (Lipinski definition) is 1. The van der Waals surface area contributed by atoms with Crippen LogP contribution in [-0.2, 0) is 9.59 Å². The number of halogens is 1. The number of pyridine rings is 1. The molecule has 23 heavy (non-hydrogen) atoms. The molecular formula is C17H16ClN3O2. The van der Waals surface area contributed by atoms with Crippen molar-refractivity contribution >= 4 is 34.8 Å². The molecule has 1 saturated heterocycles. The lowest BCUT2D eigenvalue weighted by atomic mass is 10.1. The van der Waals surface area contributed by atoms with Gasteiger partial charge in [-0.05, 0) is 36.8 Å². The molecule has 2 aromatic rings. The number of rotatable bonds is 3. The van der Waals surface area contributed by atoms with Crippen molar-refractivity contribution < 1.29 is 9.59 Å². The summed E-state index contributed by atoms with van der Waals surface area (Å²) in [6.45, 7) is 2.26. The molecule has 0 radical (unpaired) electrons. The highest BCUT2D eigenvalue weighted by Gasteiger charge is 2.35. The molecule has 0 aliphatic carbocycles. The summed E-state index contributed by atoms with van der Waals surface area (Å²) < 4.78 is 0. The highest BCUT2D eigenvalue weighted by Crippen LogP contribution is 2.29. The van der Waals surface area contributed by atoms with Gasteiger partial charge in [-0.3, -0.25) is 14.6 Å². The Morgan fingerprint density at radius 1 is 1.30 bits per heavy atom. The topological polar surface area (TPSA) is 62.3 Å². The number of aryl methyl sites for hydroxylation is 1. The minimum atomic E-state index is -0.379. The van der Waals surface area contributed by atoms with Crippen LogP contribution in [0.2, 0.25) is 5.02 Å². The summed E-state index contributed by atoms with van der Waals surface area (Å²) in [5.41, 5.74) is 2.35. The molecular weight excluding hydrogens is 314 g/mol. The summed E-state index contributed by atoms with van der Waals surface area (Å²) in [5, 5.41) is 3.42. The highest BCUT2D eigenvalue weighted by atomic mass is 35.5. The number of benzene rings is 1. The van der Waals surface area contributed by atoms with E-state index >= 15 is 0 Å². The number of aromatic nitrogens is 1. The number of hydrogen-bond acceptors (Lipinski definition) is 3. The molecule has 5 nitrogen and oxygen atoms in total. The second kappa shape index (κ2) is 6.38. The van der Waals surface area contributed by atoms with Crippen molar-refractivity contribution in [3.63, 3.8) is 0 Å². The van der Waals surface area contributed by atoms with Gasteiger partial charge in [-0.15, -0.1) is 0 Å². The van der Waals surface area contributed by atoms with Crippen molar-refractivity contribution in [3.8, 4) is 0 Å². The molecule has 3 rings (SSSR count). The molecule has 0 bridgehead atoms. The van der Waals surface area contributed by atoms with Crippen LogP contribution in [0.1, 0.15) is 12.0 Å². The third kappa shape index (κ3) is 3.35. The van der Waals surface area contributed by atoms with Gasteiger partial charge in [0.1, 0.15) is 0 Å². The van der Waals surface area contributed by atoms with Crippen LogP contribution in [0.5, 0.6) is 0 Å². The average Bonchev–Trinajstić information content (AvgIpc) is 2.93. The fraction of sp³-hybridized carbons (Fsp3) is 0.235. The fourth-order valence-corrected chi connectivity index (χ4v) is 2.74. The summed E-state index contributed by atoms with van der Waals surface area (Å²) in [7, 11) is 0. The zero-order valence-corrected chi connectivity index (χ0v) is 13.4. The molecule has 2 heterocycles. The molecule has 118 valence electrons. The summed E-state index contributed by atoms with van der Waals surface area (Å²) in [6.07, 6.45) is 3.41. The number of anilines is 2. The summed E-state index contributed by atoms with van der Waals surface area (Å²) in [4.78, 5) is 30.1. The van der Waals surface area contributed by atoms with Crippen LogP contribution in [0.4, 0.5) is 11.4 Å². The molecule has 0 unspecified atom stereocenters. The SMILES string of the molecule is Cc1ccc(N2C[C@H](C(=O)Nc3ccncc3)CC2=O)cc1Cl. The predicted octanol–water partition coefficient (Wildman–Crippen LogP) is 3.04. The average molecular weight is 330 g/mol. The first-order valence-electron chi connectivity index (χ1n) is 7.32. The zero-order valence-electron chi connectivity index (χ0n) is 12.6. The normalized spacial score (nSPS) is 17.4. The van der Waals surface area contributed by atoms with Gasteiger partial charge in [0, 0.05) is 41.8 Å². The smallest absolute Gasteiger partial charge is 0.229 e. The molecule has 0 spiro atoms. The number of amides is 2. The highest BCUT2D eigenvalue weighted by molar-refractivity contribution is 6.31. The second-order valence-electron chi connectivity index (χ2n) is 5.56. The Morgan fingerprint density at radius 3 is 2.74 bits per heavy atom. The van der Waals surface area contributed by atoms with Crippen LogP contribution in [-0.4, -0.2) is 23.3 Å². The maximum atomic E-state index is 12.3. The first kappa shape index (κ1) is 15.5. The van der Waals surface area contributed by atoms with E-state index in [1.165, 1.54) is 0 Å². The van der Waals surface area contributed by atoms with E-state index in [-0.39, 0.29) is 24.2 Å². The fourth-order valence-electron chi connectivity index (χ4n) is 2.56. The van der Waals surface area contributed by atoms with Crippen molar-refractivity contribution in [2.45, 2.75) is 13.3 Å². The molecule has 6 heteroatoms. The van der Waals surface area contributed by atoms with Crippen LogP contribution < -0.4 is 10.2 Å². The van der Waals surface area contributed by atoms with Crippen molar-refractivity contribution in [2.24, 2.45) is 5.92 Å². The first-order chi connectivity index (χ1) is 11.0. The lowest BCUT2D eigenvalue weighted by molar-refractivity contribution is -0.122. The lowest BCUT2D eigenvalue weighted by Gasteiger charge is -2.17. The minimum Gasteiger partial charge on any atom is -0.326 e. The number of carbonyl (C=O) groups excluding carboxylic acids is 2. The standard InChI is InChI=1S/C17H16ClN3O2/c1-11-2-3-14(9-15(11)18)21-10-12(8-16(21)22)17(23)20-13-4-6-19-7-5-13/h2-7,9,12H,8,10H2,1H3,(H,19,20,23)/t12-/m1/s1. The van der Waals surface area contributed by atoms with E-state index in [2.05, 4.69) is 10.3 Å². The Balaban J connectivity index is 1.71. The molecule has 1 atom stereocenters. The monoisotopic (exact) mass is 329 g/mol. The molecule has 1 aliphatic heterocycles. The third-order valence-electron chi connectivity index (χ3n) is 3.91. The van der Waals surface area contributed by atoms with Crippen LogP contribution in [0.15, 0.2) is 42.7 Å². The second-order valence-corrected chi connectivity index (χ2v) is 5.97. The summed E-state index contributed by atoms with van der Waals surface area (Å²) in [5.74, 6) is -0.610. The van der Waals surface area contributed by atoms with Crippen molar-refractivity contribution in [2.75, 3.05) is 16.8 Å². The Morgan fingerprint density at radius 2 is 2.04 bits per heavy atom. The van der Waals surface area contributed by atoms with E-state index in [4.69, 9.17) is 11.6 Å². The van der Waals surface area contributed by atoms with Crippen molar-refractivity contribution in [1.82, 2.24) is 4.98 Å². The van der Waals surface area contributed by atoms with Gasteiger partial charge < -0.3 is 10.2 Å². The molecule has 1 aliphatic rings. The van der Waals surface area contributed by atoms with Crippen molar-refractivity contribution in [3.05, 3.63) is 53.3 Å². The van der Waals surface area contributed by atoms with E-state index < -0.39 is 0 Å². The molecule has 1 N–H and O–H groups in total. The van der Waals surface area contributed by atoms with Gasteiger partial charge in [-0.25, -0.2) is 0 Å². The van der Waals surface area contributed by atoms with Gasteiger partial charge in [0.25, 0.3) is 0 Å². The quantitative estimate of drug-likeness (QED) is 0.941. The van der Waals surface area contributed by atoms with Gasteiger partial charge in [0.2, 0.25) is 11.8 Å². The summed E-state index contributed by atoms with van der Waals surface area (Å²) >= 11 is 6.12. The molecule has 1 aromatic heterocycles. The minimum absolute atomic E-state index is 0.0696. The van der Waals surface area contributed by atoms with Gasteiger partial charge in [-0.1, -0.05) is 17.7 Å². The van der Waals surface area contributed by atoms with E-state index in [0.29, 0.717) is 17.3 Å².